The number of thiophene rings is 1. The van der Waals surface area contributed by atoms with E-state index in [0.717, 1.165) is 24.0 Å². The van der Waals surface area contributed by atoms with Gasteiger partial charge in [-0.25, -0.2) is 9.78 Å². The molecule has 1 aromatic carbocycles. The van der Waals surface area contributed by atoms with E-state index in [4.69, 9.17) is 4.74 Å². The molecule has 1 saturated heterocycles. The Bertz CT molecular complexity index is 1190. The van der Waals surface area contributed by atoms with Gasteiger partial charge < -0.3 is 9.64 Å². The van der Waals surface area contributed by atoms with Crippen molar-refractivity contribution in [3.8, 4) is 11.1 Å². The van der Waals surface area contributed by atoms with Crippen LogP contribution in [-0.2, 0) is 21.4 Å². The number of nitrogens with zero attached hydrogens (tertiary/aromatic N) is 3. The lowest BCUT2D eigenvalue weighted by Crippen LogP contribution is -2.49. The van der Waals surface area contributed by atoms with Crippen molar-refractivity contribution in [1.82, 2.24) is 14.5 Å². The van der Waals surface area contributed by atoms with E-state index >= 15 is 0 Å². The molecule has 1 atom stereocenters. The van der Waals surface area contributed by atoms with Crippen LogP contribution in [0.2, 0.25) is 0 Å². The maximum absolute atomic E-state index is 13.1. The number of amides is 1. The van der Waals surface area contributed by atoms with Crippen LogP contribution in [0.4, 0.5) is 0 Å². The Morgan fingerprint density at radius 3 is 2.78 bits per heavy atom. The molecule has 0 saturated carbocycles. The summed E-state index contributed by atoms with van der Waals surface area (Å²) in [5.74, 6) is -0.374. The first-order valence-electron chi connectivity index (χ1n) is 10.6. The lowest BCUT2D eigenvalue weighted by atomic mass is 10.0. The molecule has 0 bridgehead atoms. The van der Waals surface area contributed by atoms with Gasteiger partial charge in [-0.3, -0.25) is 14.2 Å². The van der Waals surface area contributed by atoms with Crippen LogP contribution in [0, 0.1) is 0 Å². The number of ether oxygens (including phenoxy) is 1. The fraction of sp³-hybridized carbons (Fsp3) is 0.391. The van der Waals surface area contributed by atoms with Crippen LogP contribution in [0.5, 0.6) is 0 Å². The summed E-state index contributed by atoms with van der Waals surface area (Å²) in [6.07, 6.45) is 2.39. The predicted octanol–water partition coefficient (Wildman–Crippen LogP) is 3.70. The van der Waals surface area contributed by atoms with Crippen molar-refractivity contribution in [3.63, 3.8) is 0 Å². The van der Waals surface area contributed by atoms with Gasteiger partial charge in [0.15, 0.2) is 5.16 Å². The monoisotopic (exact) mass is 471 g/mol. The summed E-state index contributed by atoms with van der Waals surface area (Å²) in [4.78, 5) is 45.3. The topological polar surface area (TPSA) is 81.5 Å². The molecule has 0 radical (unpaired) electrons. The summed E-state index contributed by atoms with van der Waals surface area (Å²) >= 11 is 2.65. The van der Waals surface area contributed by atoms with E-state index in [1.54, 1.807) is 18.9 Å². The molecule has 1 amide bonds. The standard InChI is InChI=1S/C23H25N3O4S2/c1-3-30-22(29)17-11-7-8-12-26(17)18(27)14-32-23-24-20-19(21(28)25(23)2)16(13-31-20)15-9-5-4-6-10-15/h4-6,9-10,13,17H,3,7-8,11-12,14H2,1-2H3/t17-/m0/s1. The van der Waals surface area contributed by atoms with Gasteiger partial charge in [0.05, 0.1) is 17.7 Å². The normalized spacial score (nSPS) is 16.3. The maximum atomic E-state index is 13.1. The first-order valence-corrected chi connectivity index (χ1v) is 12.5. The number of fused-ring (bicyclic) bond motifs is 1. The average Bonchev–Trinajstić information content (AvgIpc) is 3.25. The van der Waals surface area contributed by atoms with Crippen molar-refractivity contribution in [2.75, 3.05) is 18.9 Å². The van der Waals surface area contributed by atoms with Gasteiger partial charge in [0.1, 0.15) is 10.9 Å². The zero-order valence-corrected chi connectivity index (χ0v) is 19.7. The number of carbonyl (C=O) groups excluding carboxylic acids is 2. The molecule has 0 spiro atoms. The number of carbonyl (C=O) groups is 2. The van der Waals surface area contributed by atoms with E-state index in [1.165, 1.54) is 27.7 Å². The highest BCUT2D eigenvalue weighted by Gasteiger charge is 2.33. The van der Waals surface area contributed by atoms with Crippen LogP contribution < -0.4 is 5.56 Å². The first kappa shape index (κ1) is 22.5. The number of likely N-dealkylation sites (tertiary alicyclic amines) is 1. The summed E-state index contributed by atoms with van der Waals surface area (Å²) in [6.45, 7) is 2.60. The zero-order valence-electron chi connectivity index (χ0n) is 18.1. The van der Waals surface area contributed by atoms with Gasteiger partial charge >= 0.3 is 5.97 Å². The highest BCUT2D eigenvalue weighted by atomic mass is 32.2. The molecule has 0 aliphatic carbocycles. The Balaban J connectivity index is 1.55. The number of thioether (sulfide) groups is 1. The fourth-order valence-electron chi connectivity index (χ4n) is 3.94. The lowest BCUT2D eigenvalue weighted by Gasteiger charge is -2.34. The van der Waals surface area contributed by atoms with Crippen LogP contribution in [0.15, 0.2) is 45.7 Å². The summed E-state index contributed by atoms with van der Waals surface area (Å²) in [6, 6.07) is 9.24. The van der Waals surface area contributed by atoms with Gasteiger partial charge in [0, 0.05) is 24.5 Å². The van der Waals surface area contributed by atoms with Crippen molar-refractivity contribution in [2.45, 2.75) is 37.4 Å². The van der Waals surface area contributed by atoms with E-state index in [2.05, 4.69) is 4.98 Å². The molecule has 9 heteroatoms. The largest absolute Gasteiger partial charge is 0.464 e. The van der Waals surface area contributed by atoms with E-state index in [1.807, 2.05) is 35.7 Å². The van der Waals surface area contributed by atoms with Crippen LogP contribution in [0.1, 0.15) is 26.2 Å². The van der Waals surface area contributed by atoms with Crippen molar-refractivity contribution in [2.24, 2.45) is 7.05 Å². The highest BCUT2D eigenvalue weighted by molar-refractivity contribution is 7.99. The second-order valence-electron chi connectivity index (χ2n) is 7.59. The number of aromatic nitrogens is 2. The number of benzene rings is 1. The average molecular weight is 472 g/mol. The van der Waals surface area contributed by atoms with E-state index < -0.39 is 6.04 Å². The minimum absolute atomic E-state index is 0.110. The third-order valence-corrected chi connectivity index (χ3v) is 7.45. The van der Waals surface area contributed by atoms with E-state index in [-0.39, 0.29) is 23.2 Å². The van der Waals surface area contributed by atoms with E-state index in [0.29, 0.717) is 34.9 Å². The van der Waals surface area contributed by atoms with Gasteiger partial charge in [-0.15, -0.1) is 11.3 Å². The zero-order chi connectivity index (χ0) is 22.7. The highest BCUT2D eigenvalue weighted by Crippen LogP contribution is 2.32. The minimum atomic E-state index is -0.526. The Morgan fingerprint density at radius 2 is 2.03 bits per heavy atom. The van der Waals surface area contributed by atoms with Crippen molar-refractivity contribution < 1.29 is 14.3 Å². The van der Waals surface area contributed by atoms with Crippen molar-refractivity contribution >= 4 is 45.2 Å². The van der Waals surface area contributed by atoms with Gasteiger partial charge in [-0.05, 0) is 31.7 Å². The molecule has 168 valence electrons. The number of hydrogen-bond acceptors (Lipinski definition) is 7. The molecule has 1 aliphatic rings. The molecular formula is C23H25N3O4S2. The van der Waals surface area contributed by atoms with Crippen molar-refractivity contribution in [1.29, 1.82) is 0 Å². The van der Waals surface area contributed by atoms with Gasteiger partial charge in [0.25, 0.3) is 5.56 Å². The molecule has 3 aromatic rings. The molecule has 1 fully saturated rings. The SMILES string of the molecule is CCOC(=O)[C@@H]1CCCCN1C(=O)CSc1nc2scc(-c3ccccc3)c2c(=O)n1C. The third-order valence-electron chi connectivity index (χ3n) is 5.57. The number of piperidine rings is 1. The van der Waals surface area contributed by atoms with Crippen LogP contribution >= 0.6 is 23.1 Å². The third kappa shape index (κ3) is 4.45. The van der Waals surface area contributed by atoms with Gasteiger partial charge in [0.2, 0.25) is 5.91 Å². The molecule has 0 N–H and O–H groups in total. The quantitative estimate of drug-likeness (QED) is 0.310. The maximum Gasteiger partial charge on any atom is 0.328 e. The van der Waals surface area contributed by atoms with Crippen molar-refractivity contribution in [3.05, 3.63) is 46.1 Å². The summed E-state index contributed by atoms with van der Waals surface area (Å²) in [7, 11) is 1.68. The number of hydrogen-bond donors (Lipinski definition) is 0. The van der Waals surface area contributed by atoms with Crippen LogP contribution in [-0.4, -0.2) is 51.3 Å². The van der Waals surface area contributed by atoms with Crippen LogP contribution in [0.3, 0.4) is 0 Å². The number of esters is 1. The van der Waals surface area contributed by atoms with E-state index in [9.17, 15) is 14.4 Å². The Kier molecular flexibility index (Phi) is 6.95. The molecule has 1 aliphatic heterocycles. The number of rotatable bonds is 6. The second-order valence-corrected chi connectivity index (χ2v) is 9.39. The fourth-order valence-corrected chi connectivity index (χ4v) is 5.78. The lowest BCUT2D eigenvalue weighted by molar-refractivity contribution is -0.155. The molecule has 32 heavy (non-hydrogen) atoms. The summed E-state index contributed by atoms with van der Waals surface area (Å²) in [5, 5.41) is 3.03. The molecular weight excluding hydrogens is 446 g/mol. The minimum Gasteiger partial charge on any atom is -0.464 e. The van der Waals surface area contributed by atoms with Crippen LogP contribution in [0.25, 0.3) is 21.3 Å². The molecule has 2 aromatic heterocycles. The summed E-state index contributed by atoms with van der Waals surface area (Å²) in [5.41, 5.74) is 1.72. The molecule has 0 unspecified atom stereocenters. The molecule has 7 nitrogen and oxygen atoms in total. The predicted molar refractivity (Wildman–Crippen MR) is 127 cm³/mol. The molecule has 4 rings (SSSR count). The Morgan fingerprint density at radius 1 is 1.25 bits per heavy atom. The molecule has 3 heterocycles. The summed E-state index contributed by atoms with van der Waals surface area (Å²) < 4.78 is 6.65. The Hall–Kier alpha value is -2.65. The van der Waals surface area contributed by atoms with Gasteiger partial charge in [-0.1, -0.05) is 42.1 Å². The Labute approximate surface area is 194 Å². The second kappa shape index (κ2) is 9.87. The first-order chi connectivity index (χ1) is 15.5. The smallest absolute Gasteiger partial charge is 0.328 e. The van der Waals surface area contributed by atoms with Gasteiger partial charge in [-0.2, -0.15) is 0 Å².